The molecule has 122 valence electrons. The van der Waals surface area contributed by atoms with Gasteiger partial charge in [0.2, 0.25) is 0 Å². The van der Waals surface area contributed by atoms with Crippen molar-refractivity contribution in [1.82, 2.24) is 4.98 Å². The number of halogens is 3. The van der Waals surface area contributed by atoms with Crippen LogP contribution in [0.15, 0.2) is 59.4 Å². The lowest BCUT2D eigenvalue weighted by Crippen LogP contribution is -2.07. The van der Waals surface area contributed by atoms with Crippen molar-refractivity contribution in [3.8, 4) is 16.9 Å². The van der Waals surface area contributed by atoms with Crippen molar-refractivity contribution in [1.29, 1.82) is 0 Å². The lowest BCUT2D eigenvalue weighted by Gasteiger charge is -2.08. The first-order valence-corrected chi connectivity index (χ1v) is 7.06. The molecule has 0 aliphatic heterocycles. The summed E-state index contributed by atoms with van der Waals surface area (Å²) in [6.45, 7) is 0. The van der Waals surface area contributed by atoms with E-state index in [-0.39, 0.29) is 22.2 Å². The minimum absolute atomic E-state index is 0.0321. The monoisotopic (exact) mass is 331 g/mol. The molecule has 3 rings (SSSR count). The van der Waals surface area contributed by atoms with Crippen molar-refractivity contribution in [3.63, 3.8) is 0 Å². The average Bonchev–Trinajstić information content (AvgIpc) is 2.69. The molecule has 3 aromatic rings. The minimum Gasteiger partial charge on any atom is -0.496 e. The highest BCUT2D eigenvalue weighted by Gasteiger charge is 2.32. The molecule has 0 bridgehead atoms. The Balaban J connectivity index is 2.46. The zero-order valence-electron chi connectivity index (χ0n) is 12.6. The summed E-state index contributed by atoms with van der Waals surface area (Å²) in [5, 5.41) is -0.180. The molecule has 0 fully saturated rings. The highest BCUT2D eigenvalue weighted by molar-refractivity contribution is 5.86. The Kier molecular flexibility index (Phi) is 3.97. The van der Waals surface area contributed by atoms with E-state index in [0.717, 1.165) is 6.07 Å². The molecule has 0 aliphatic carbocycles. The van der Waals surface area contributed by atoms with Gasteiger partial charge in [-0.2, -0.15) is 13.2 Å². The third-order valence-electron chi connectivity index (χ3n) is 3.63. The molecule has 0 saturated carbocycles. The summed E-state index contributed by atoms with van der Waals surface area (Å²) in [4.78, 5) is 16.4. The number of rotatable bonds is 2. The molecule has 0 atom stereocenters. The second-order valence-corrected chi connectivity index (χ2v) is 5.11. The Morgan fingerprint density at radius 1 is 1.00 bits per heavy atom. The second-order valence-electron chi connectivity index (χ2n) is 5.11. The van der Waals surface area contributed by atoms with Gasteiger partial charge < -0.3 is 4.74 Å². The first kappa shape index (κ1) is 16.0. The third kappa shape index (κ3) is 2.82. The standard InChI is InChI=1S/C18H12F3NO2/c1-24-15-10-12-13(18(19,20)21)8-5-9-14(12)22-17(23)16(15)11-6-3-2-4-7-11/h2-10H,1H3. The van der Waals surface area contributed by atoms with E-state index < -0.39 is 17.3 Å². The Morgan fingerprint density at radius 3 is 2.33 bits per heavy atom. The predicted octanol–water partition coefficient (Wildman–Crippen LogP) is 4.29. The largest absolute Gasteiger partial charge is 0.496 e. The Hall–Kier alpha value is -2.89. The number of alkyl halides is 3. The van der Waals surface area contributed by atoms with E-state index in [1.165, 1.54) is 25.3 Å². The molecular weight excluding hydrogens is 319 g/mol. The Labute approximate surface area is 135 Å². The van der Waals surface area contributed by atoms with Crippen LogP contribution in [0.5, 0.6) is 5.75 Å². The topological polar surface area (TPSA) is 39.2 Å². The number of hydrogen-bond acceptors (Lipinski definition) is 3. The average molecular weight is 331 g/mol. The van der Waals surface area contributed by atoms with Gasteiger partial charge in [0.1, 0.15) is 5.75 Å². The SMILES string of the molecule is COc1cc2c(C(F)(F)F)cccc2nc(=O)c1-c1ccccc1. The first-order chi connectivity index (χ1) is 11.4. The van der Waals surface area contributed by atoms with E-state index in [1.807, 2.05) is 0 Å². The molecule has 6 heteroatoms. The molecule has 0 saturated heterocycles. The summed E-state index contributed by atoms with van der Waals surface area (Å²) < 4.78 is 45.0. The lowest BCUT2D eigenvalue weighted by atomic mass is 10.1. The van der Waals surface area contributed by atoms with Gasteiger partial charge in [0.25, 0.3) is 5.56 Å². The number of aromatic nitrogens is 1. The number of nitrogens with zero attached hydrogens (tertiary/aromatic N) is 1. The van der Waals surface area contributed by atoms with Crippen molar-refractivity contribution in [2.45, 2.75) is 6.18 Å². The van der Waals surface area contributed by atoms with Crippen LogP contribution in [-0.2, 0) is 6.18 Å². The third-order valence-corrected chi connectivity index (χ3v) is 3.63. The molecule has 24 heavy (non-hydrogen) atoms. The van der Waals surface area contributed by atoms with Gasteiger partial charge in [0.05, 0.1) is 23.8 Å². The molecular formula is C18H12F3NO2. The van der Waals surface area contributed by atoms with Gasteiger partial charge in [-0.15, -0.1) is 0 Å². The highest BCUT2D eigenvalue weighted by atomic mass is 19.4. The van der Waals surface area contributed by atoms with Crippen LogP contribution in [0.1, 0.15) is 5.56 Å². The minimum atomic E-state index is -4.56. The number of methoxy groups -OCH3 is 1. The van der Waals surface area contributed by atoms with Gasteiger partial charge in [-0.05, 0) is 23.8 Å². The zero-order valence-corrected chi connectivity index (χ0v) is 12.6. The number of hydrogen-bond donors (Lipinski definition) is 0. The quantitative estimate of drug-likeness (QED) is 0.703. The molecule has 0 radical (unpaired) electrons. The summed E-state index contributed by atoms with van der Waals surface area (Å²) >= 11 is 0. The van der Waals surface area contributed by atoms with Crippen LogP contribution in [0.3, 0.4) is 0 Å². The normalized spacial score (nSPS) is 11.5. The summed E-state index contributed by atoms with van der Waals surface area (Å²) in [6, 6.07) is 13.4. The fourth-order valence-electron chi connectivity index (χ4n) is 2.55. The van der Waals surface area contributed by atoms with E-state index >= 15 is 0 Å². The van der Waals surface area contributed by atoms with Crippen molar-refractivity contribution in [2.75, 3.05) is 7.11 Å². The first-order valence-electron chi connectivity index (χ1n) is 7.06. The maximum atomic E-state index is 13.3. The van der Waals surface area contributed by atoms with Crippen molar-refractivity contribution >= 4 is 10.9 Å². The van der Waals surface area contributed by atoms with Crippen molar-refractivity contribution in [3.05, 3.63) is 70.5 Å². The Bertz CT molecular complexity index is 954. The number of benzene rings is 2. The van der Waals surface area contributed by atoms with Crippen molar-refractivity contribution < 1.29 is 17.9 Å². The predicted molar refractivity (Wildman–Crippen MR) is 85.0 cm³/mol. The second kappa shape index (κ2) is 5.96. The van der Waals surface area contributed by atoms with Gasteiger partial charge >= 0.3 is 6.18 Å². The van der Waals surface area contributed by atoms with E-state index in [4.69, 9.17) is 4.74 Å². The molecule has 1 heterocycles. The summed E-state index contributed by atoms with van der Waals surface area (Å²) in [5.74, 6) is 0.0467. The van der Waals surface area contributed by atoms with Crippen LogP contribution in [0.4, 0.5) is 13.2 Å². The smallest absolute Gasteiger partial charge is 0.417 e. The summed E-state index contributed by atoms with van der Waals surface area (Å²) in [5.41, 5.74) is -0.883. The summed E-state index contributed by atoms with van der Waals surface area (Å²) in [7, 11) is 1.31. The molecule has 3 nitrogen and oxygen atoms in total. The van der Waals surface area contributed by atoms with Gasteiger partial charge in [-0.25, -0.2) is 4.98 Å². The van der Waals surface area contributed by atoms with Gasteiger partial charge in [0, 0.05) is 5.39 Å². The van der Waals surface area contributed by atoms with Gasteiger partial charge in [0.15, 0.2) is 0 Å². The van der Waals surface area contributed by atoms with Crippen LogP contribution >= 0.6 is 0 Å². The van der Waals surface area contributed by atoms with E-state index in [1.54, 1.807) is 30.3 Å². The molecule has 0 unspecified atom stereocenters. The van der Waals surface area contributed by atoms with E-state index in [0.29, 0.717) is 5.56 Å². The highest BCUT2D eigenvalue weighted by Crippen LogP contribution is 2.36. The van der Waals surface area contributed by atoms with Gasteiger partial charge in [-0.1, -0.05) is 36.4 Å². The van der Waals surface area contributed by atoms with Gasteiger partial charge in [-0.3, -0.25) is 4.79 Å². The molecule has 2 aromatic carbocycles. The van der Waals surface area contributed by atoms with Crippen LogP contribution in [0.25, 0.3) is 22.0 Å². The molecule has 0 aliphatic rings. The Morgan fingerprint density at radius 2 is 1.71 bits per heavy atom. The number of ether oxygens (including phenoxy) is 1. The lowest BCUT2D eigenvalue weighted by molar-refractivity contribution is -0.136. The van der Waals surface area contributed by atoms with E-state index in [9.17, 15) is 18.0 Å². The van der Waals surface area contributed by atoms with Crippen LogP contribution in [-0.4, -0.2) is 12.1 Å². The molecule has 0 N–H and O–H groups in total. The van der Waals surface area contributed by atoms with Crippen molar-refractivity contribution in [2.24, 2.45) is 0 Å². The molecule has 0 amide bonds. The maximum absolute atomic E-state index is 13.3. The van der Waals surface area contributed by atoms with Crippen LogP contribution in [0.2, 0.25) is 0 Å². The summed E-state index contributed by atoms with van der Waals surface area (Å²) in [6.07, 6.45) is -4.56. The van der Waals surface area contributed by atoms with Crippen LogP contribution in [0, 0.1) is 0 Å². The fourth-order valence-corrected chi connectivity index (χ4v) is 2.55. The molecule has 0 spiro atoms. The van der Waals surface area contributed by atoms with Crippen LogP contribution < -0.4 is 10.3 Å². The maximum Gasteiger partial charge on any atom is 0.417 e. The fraction of sp³-hybridized carbons (Fsp3) is 0.111. The zero-order chi connectivity index (χ0) is 17.3. The number of fused-ring (bicyclic) bond motifs is 1. The molecule has 1 aromatic heterocycles. The van der Waals surface area contributed by atoms with E-state index in [2.05, 4.69) is 4.98 Å².